The third kappa shape index (κ3) is 3.08. The van der Waals surface area contributed by atoms with Crippen LogP contribution in [0.5, 0.6) is 5.75 Å². The van der Waals surface area contributed by atoms with Crippen molar-refractivity contribution in [2.75, 3.05) is 5.43 Å². The predicted molar refractivity (Wildman–Crippen MR) is 70.5 cm³/mol. The van der Waals surface area contributed by atoms with Crippen molar-refractivity contribution in [3.8, 4) is 5.75 Å². The smallest absolute Gasteiger partial charge is 0.124 e. The number of phenols is 1. The molecule has 0 aliphatic heterocycles. The van der Waals surface area contributed by atoms with Gasteiger partial charge in [-0.3, -0.25) is 5.43 Å². The van der Waals surface area contributed by atoms with E-state index in [4.69, 9.17) is 0 Å². The number of nitrogens with zero attached hydrogens (tertiary/aromatic N) is 1. The first-order valence-corrected chi connectivity index (χ1v) is 5.39. The highest BCUT2D eigenvalue weighted by Gasteiger charge is 1.94. The van der Waals surface area contributed by atoms with Gasteiger partial charge in [0.05, 0.1) is 11.9 Å². The van der Waals surface area contributed by atoms with Gasteiger partial charge in [-0.05, 0) is 36.8 Å². The quantitative estimate of drug-likeness (QED) is 0.623. The monoisotopic (exact) mass is 226 g/mol. The summed E-state index contributed by atoms with van der Waals surface area (Å²) in [6, 6.07) is 15.0. The molecule has 86 valence electrons. The van der Waals surface area contributed by atoms with Crippen LogP contribution in [0.4, 0.5) is 5.69 Å². The zero-order valence-electron chi connectivity index (χ0n) is 9.59. The van der Waals surface area contributed by atoms with Gasteiger partial charge in [-0.1, -0.05) is 24.3 Å². The molecule has 0 aliphatic rings. The average Bonchev–Trinajstić information content (AvgIpc) is 2.32. The second kappa shape index (κ2) is 5.16. The van der Waals surface area contributed by atoms with Crippen LogP contribution < -0.4 is 5.43 Å². The number of aryl methyl sites for hydroxylation is 1. The minimum atomic E-state index is 0.224. The maximum absolute atomic E-state index is 9.53. The molecule has 0 aliphatic carbocycles. The molecule has 0 atom stereocenters. The molecule has 2 aromatic rings. The van der Waals surface area contributed by atoms with Gasteiger partial charge in [0.1, 0.15) is 5.75 Å². The molecule has 0 saturated carbocycles. The Morgan fingerprint density at radius 1 is 1.12 bits per heavy atom. The van der Waals surface area contributed by atoms with Crippen molar-refractivity contribution in [1.29, 1.82) is 0 Å². The summed E-state index contributed by atoms with van der Waals surface area (Å²) in [5.41, 5.74) is 5.71. The summed E-state index contributed by atoms with van der Waals surface area (Å²) in [4.78, 5) is 0. The fraction of sp³-hybridized carbons (Fsp3) is 0.0714. The summed E-state index contributed by atoms with van der Waals surface area (Å²) < 4.78 is 0. The molecule has 0 fully saturated rings. The highest BCUT2D eigenvalue weighted by Crippen LogP contribution is 2.13. The molecule has 2 rings (SSSR count). The van der Waals surface area contributed by atoms with E-state index >= 15 is 0 Å². The summed E-state index contributed by atoms with van der Waals surface area (Å²) >= 11 is 0. The number of phenolic OH excluding ortho intramolecular Hbond substituents is 1. The molecule has 0 heterocycles. The lowest BCUT2D eigenvalue weighted by Crippen LogP contribution is -1.91. The van der Waals surface area contributed by atoms with E-state index in [9.17, 15) is 5.11 Å². The van der Waals surface area contributed by atoms with Gasteiger partial charge in [0.2, 0.25) is 0 Å². The first kappa shape index (κ1) is 11.2. The highest BCUT2D eigenvalue weighted by atomic mass is 16.3. The van der Waals surface area contributed by atoms with Crippen molar-refractivity contribution in [2.45, 2.75) is 6.92 Å². The van der Waals surface area contributed by atoms with E-state index in [1.165, 1.54) is 5.56 Å². The van der Waals surface area contributed by atoms with Crippen LogP contribution in [0.2, 0.25) is 0 Å². The van der Waals surface area contributed by atoms with Gasteiger partial charge < -0.3 is 5.11 Å². The Morgan fingerprint density at radius 2 is 1.94 bits per heavy atom. The van der Waals surface area contributed by atoms with E-state index in [1.54, 1.807) is 24.4 Å². The maximum atomic E-state index is 9.53. The van der Waals surface area contributed by atoms with Crippen LogP contribution in [-0.2, 0) is 0 Å². The molecule has 3 heteroatoms. The number of hydrogen-bond acceptors (Lipinski definition) is 3. The summed E-state index contributed by atoms with van der Waals surface area (Å²) in [7, 11) is 0. The summed E-state index contributed by atoms with van der Waals surface area (Å²) in [6.45, 7) is 2.03. The largest absolute Gasteiger partial charge is 0.507 e. The van der Waals surface area contributed by atoms with E-state index in [2.05, 4.69) is 10.5 Å². The number of nitrogens with one attached hydrogen (secondary N) is 1. The SMILES string of the molecule is Cc1cccc(NN=Cc2ccccc2O)c1. The molecule has 0 bridgehead atoms. The number of anilines is 1. The van der Waals surface area contributed by atoms with Crippen molar-refractivity contribution >= 4 is 11.9 Å². The molecule has 0 saturated heterocycles. The van der Waals surface area contributed by atoms with Gasteiger partial charge in [-0.2, -0.15) is 5.10 Å². The van der Waals surface area contributed by atoms with Gasteiger partial charge in [0.25, 0.3) is 0 Å². The van der Waals surface area contributed by atoms with Crippen LogP contribution >= 0.6 is 0 Å². The zero-order valence-corrected chi connectivity index (χ0v) is 9.59. The van der Waals surface area contributed by atoms with Crippen molar-refractivity contribution < 1.29 is 5.11 Å². The van der Waals surface area contributed by atoms with Crippen molar-refractivity contribution in [1.82, 2.24) is 0 Å². The molecule has 2 aromatic carbocycles. The first-order valence-electron chi connectivity index (χ1n) is 5.39. The minimum Gasteiger partial charge on any atom is -0.507 e. The van der Waals surface area contributed by atoms with E-state index in [1.807, 2.05) is 37.3 Å². The molecule has 0 unspecified atom stereocenters. The van der Waals surface area contributed by atoms with Crippen LogP contribution in [0.1, 0.15) is 11.1 Å². The number of rotatable bonds is 3. The van der Waals surface area contributed by atoms with Crippen LogP contribution in [0.25, 0.3) is 0 Å². The standard InChI is InChI=1S/C14H14N2O/c1-11-5-4-7-13(9-11)16-15-10-12-6-2-3-8-14(12)17/h2-10,16-17H,1H3. The number of para-hydroxylation sites is 1. The van der Waals surface area contributed by atoms with Gasteiger partial charge >= 0.3 is 0 Å². The second-order valence-corrected chi connectivity index (χ2v) is 3.80. The molecule has 0 radical (unpaired) electrons. The lowest BCUT2D eigenvalue weighted by molar-refractivity contribution is 0.474. The number of aromatic hydroxyl groups is 1. The van der Waals surface area contributed by atoms with Crippen LogP contribution in [0, 0.1) is 6.92 Å². The van der Waals surface area contributed by atoms with Gasteiger partial charge in [0, 0.05) is 5.56 Å². The third-order valence-electron chi connectivity index (χ3n) is 2.35. The molecular formula is C14H14N2O. The summed E-state index contributed by atoms with van der Waals surface area (Å²) in [5.74, 6) is 0.224. The van der Waals surface area contributed by atoms with Crippen molar-refractivity contribution in [3.05, 3.63) is 59.7 Å². The average molecular weight is 226 g/mol. The topological polar surface area (TPSA) is 44.6 Å². The number of hydrazone groups is 1. The molecule has 0 amide bonds. The van der Waals surface area contributed by atoms with Gasteiger partial charge in [0.15, 0.2) is 0 Å². The minimum absolute atomic E-state index is 0.224. The molecular weight excluding hydrogens is 212 g/mol. The molecule has 0 spiro atoms. The van der Waals surface area contributed by atoms with Gasteiger partial charge in [-0.25, -0.2) is 0 Å². The Hall–Kier alpha value is -2.29. The number of benzene rings is 2. The van der Waals surface area contributed by atoms with Crippen LogP contribution in [0.15, 0.2) is 53.6 Å². The van der Waals surface area contributed by atoms with Gasteiger partial charge in [-0.15, -0.1) is 0 Å². The molecule has 17 heavy (non-hydrogen) atoms. The Kier molecular flexibility index (Phi) is 3.40. The zero-order chi connectivity index (χ0) is 12.1. The van der Waals surface area contributed by atoms with Crippen LogP contribution in [-0.4, -0.2) is 11.3 Å². The lowest BCUT2D eigenvalue weighted by Gasteiger charge is -2.01. The van der Waals surface area contributed by atoms with E-state index in [0.717, 1.165) is 5.69 Å². The van der Waals surface area contributed by atoms with Crippen molar-refractivity contribution in [2.24, 2.45) is 5.10 Å². The maximum Gasteiger partial charge on any atom is 0.124 e. The van der Waals surface area contributed by atoms with Crippen LogP contribution in [0.3, 0.4) is 0 Å². The molecule has 2 N–H and O–H groups in total. The Morgan fingerprint density at radius 3 is 2.71 bits per heavy atom. The van der Waals surface area contributed by atoms with Crippen molar-refractivity contribution in [3.63, 3.8) is 0 Å². The Bertz CT molecular complexity index is 535. The van der Waals surface area contributed by atoms with E-state index in [-0.39, 0.29) is 5.75 Å². The predicted octanol–water partition coefficient (Wildman–Crippen LogP) is 3.15. The fourth-order valence-corrected chi connectivity index (χ4v) is 1.49. The summed E-state index contributed by atoms with van der Waals surface area (Å²) in [5, 5.41) is 13.6. The number of hydrogen-bond donors (Lipinski definition) is 2. The Labute approximate surface area is 100 Å². The van der Waals surface area contributed by atoms with E-state index in [0.29, 0.717) is 5.56 Å². The normalized spacial score (nSPS) is 10.6. The highest BCUT2D eigenvalue weighted by molar-refractivity contribution is 5.83. The molecule has 0 aromatic heterocycles. The second-order valence-electron chi connectivity index (χ2n) is 3.80. The van der Waals surface area contributed by atoms with E-state index < -0.39 is 0 Å². The summed E-state index contributed by atoms with van der Waals surface area (Å²) in [6.07, 6.45) is 1.59. The molecule has 3 nitrogen and oxygen atoms in total. The Balaban J connectivity index is 2.06. The first-order chi connectivity index (χ1) is 8.25. The fourth-order valence-electron chi connectivity index (χ4n) is 1.49. The lowest BCUT2D eigenvalue weighted by atomic mass is 10.2. The third-order valence-corrected chi connectivity index (χ3v) is 2.35.